The molecule has 0 unspecified atom stereocenters. The zero-order chi connectivity index (χ0) is 18.1. The fourth-order valence-corrected chi connectivity index (χ4v) is 5.65. The summed E-state index contributed by atoms with van der Waals surface area (Å²) in [7, 11) is 1.84. The Balaban J connectivity index is 0.00000210. The molecule has 1 aromatic carbocycles. The Bertz CT molecular complexity index is 649. The molecule has 2 aliphatic heterocycles. The first-order valence-electron chi connectivity index (χ1n) is 9.92. The molecule has 1 aromatic rings. The second kappa shape index (κ2) is 8.48. The maximum Gasteiger partial charge on any atom is 0.248 e. The van der Waals surface area contributed by atoms with Gasteiger partial charge in [0.15, 0.2) is 0 Å². The molecule has 3 atom stereocenters. The molecule has 0 aromatic heterocycles. The van der Waals surface area contributed by atoms with E-state index in [0.717, 1.165) is 44.7 Å². The van der Waals surface area contributed by atoms with E-state index < -0.39 is 0 Å². The number of hydrogen-bond donors (Lipinski definition) is 1. The van der Waals surface area contributed by atoms with Crippen molar-refractivity contribution in [3.05, 3.63) is 35.4 Å². The summed E-state index contributed by atoms with van der Waals surface area (Å²) in [5.41, 5.74) is 6.93. The van der Waals surface area contributed by atoms with Crippen molar-refractivity contribution >= 4 is 18.3 Å². The van der Waals surface area contributed by atoms with Crippen LogP contribution in [0.25, 0.3) is 0 Å². The monoisotopic (exact) mass is 394 g/mol. The quantitative estimate of drug-likeness (QED) is 0.852. The lowest BCUT2D eigenvalue weighted by Gasteiger charge is -2.57. The van der Waals surface area contributed by atoms with Crippen LogP contribution in [0.5, 0.6) is 0 Å². The van der Waals surface area contributed by atoms with Crippen molar-refractivity contribution in [1.82, 2.24) is 4.90 Å². The van der Waals surface area contributed by atoms with Crippen LogP contribution < -0.4 is 5.73 Å². The maximum atomic E-state index is 11.7. The largest absolute Gasteiger partial charge is 0.381 e. The normalized spacial score (nSPS) is 31.9. The van der Waals surface area contributed by atoms with Crippen LogP contribution in [-0.2, 0) is 15.1 Å². The molecule has 2 bridgehead atoms. The first-order chi connectivity index (χ1) is 12.6. The van der Waals surface area contributed by atoms with Crippen molar-refractivity contribution in [3.63, 3.8) is 0 Å². The van der Waals surface area contributed by atoms with Crippen molar-refractivity contribution < 1.29 is 14.3 Å². The number of primary amides is 1. The van der Waals surface area contributed by atoms with Crippen molar-refractivity contribution in [2.45, 2.75) is 43.7 Å². The fourth-order valence-electron chi connectivity index (χ4n) is 5.65. The zero-order valence-corrected chi connectivity index (χ0v) is 16.9. The maximum absolute atomic E-state index is 11.7. The predicted molar refractivity (Wildman–Crippen MR) is 107 cm³/mol. The summed E-state index contributed by atoms with van der Waals surface area (Å²) in [6, 6.07) is 8.45. The van der Waals surface area contributed by atoms with Gasteiger partial charge >= 0.3 is 0 Å². The number of carbonyl (C=O) groups is 1. The summed E-state index contributed by atoms with van der Waals surface area (Å²) in [5.74, 6) is 0.528. The Morgan fingerprint density at radius 2 is 1.85 bits per heavy atom. The molecule has 1 aliphatic carbocycles. The second-order valence-electron chi connectivity index (χ2n) is 8.06. The third-order valence-corrected chi connectivity index (χ3v) is 6.87. The number of piperidine rings is 1. The lowest BCUT2D eigenvalue weighted by Crippen LogP contribution is -2.61. The van der Waals surface area contributed by atoms with Gasteiger partial charge in [0.1, 0.15) is 5.60 Å². The first-order valence-corrected chi connectivity index (χ1v) is 9.92. The highest BCUT2D eigenvalue weighted by molar-refractivity contribution is 5.92. The highest BCUT2D eigenvalue weighted by Crippen LogP contribution is 2.52. The summed E-state index contributed by atoms with van der Waals surface area (Å²) in [6.45, 7) is 3.89. The molecule has 2 saturated heterocycles. The fraction of sp³-hybridized carbons (Fsp3) is 0.667. The highest BCUT2D eigenvalue weighted by Gasteiger charge is 2.53. The number of ether oxygens (including phenoxy) is 2. The number of halogens is 1. The Morgan fingerprint density at radius 1 is 1.19 bits per heavy atom. The average Bonchev–Trinajstić information content (AvgIpc) is 2.67. The van der Waals surface area contributed by atoms with Gasteiger partial charge in [0.2, 0.25) is 5.91 Å². The van der Waals surface area contributed by atoms with Crippen LogP contribution in [0.3, 0.4) is 0 Å². The number of likely N-dealkylation sites (tertiary alicyclic amines) is 1. The lowest BCUT2D eigenvalue weighted by atomic mass is 9.62. The topological polar surface area (TPSA) is 64.8 Å². The Kier molecular flexibility index (Phi) is 6.46. The number of benzene rings is 1. The van der Waals surface area contributed by atoms with Crippen LogP contribution in [0.1, 0.15) is 48.0 Å². The number of rotatable bonds is 4. The highest BCUT2D eigenvalue weighted by atomic mass is 35.5. The van der Waals surface area contributed by atoms with Gasteiger partial charge < -0.3 is 15.2 Å². The number of nitrogens with two attached hydrogens (primary N) is 1. The standard InChI is InChI=1S/C21H30N2O3.ClH/c1-25-21(16-5-2-4-15(12-16)20(22)24)17-6-3-7-18(21)14-23(13-17)19-8-10-26-11-9-19;/h2,4-5,12,17-19H,3,6-11,13-14H2,1H3,(H2,22,24);1H/t17-,18+,21+;. The number of amides is 1. The van der Waals surface area contributed by atoms with Gasteiger partial charge in [0, 0.05) is 56.9 Å². The number of nitrogens with zero attached hydrogens (tertiary/aromatic N) is 1. The van der Waals surface area contributed by atoms with Crippen molar-refractivity contribution in [3.8, 4) is 0 Å². The summed E-state index contributed by atoms with van der Waals surface area (Å²) in [4.78, 5) is 14.4. The van der Waals surface area contributed by atoms with Gasteiger partial charge in [-0.15, -0.1) is 12.4 Å². The van der Waals surface area contributed by atoms with E-state index in [1.807, 2.05) is 19.2 Å². The van der Waals surface area contributed by atoms with E-state index in [9.17, 15) is 4.79 Å². The SMILES string of the molecule is CO[C@@]1(c2cccc(C(N)=O)c2)[C@@H]2CCC[C@H]1CN(C1CCOCC1)C2.Cl. The summed E-state index contributed by atoms with van der Waals surface area (Å²) in [5, 5.41) is 0. The van der Waals surface area contributed by atoms with E-state index in [4.69, 9.17) is 15.2 Å². The van der Waals surface area contributed by atoms with Gasteiger partial charge in [-0.1, -0.05) is 18.6 Å². The molecule has 0 radical (unpaired) electrons. The van der Waals surface area contributed by atoms with Gasteiger partial charge in [0.25, 0.3) is 0 Å². The molecule has 150 valence electrons. The smallest absolute Gasteiger partial charge is 0.248 e. The van der Waals surface area contributed by atoms with E-state index in [1.165, 1.54) is 19.3 Å². The minimum absolute atomic E-state index is 0. The molecule has 3 aliphatic rings. The summed E-state index contributed by atoms with van der Waals surface area (Å²) >= 11 is 0. The molecular formula is C21H31ClN2O3. The van der Waals surface area contributed by atoms with Crippen LogP contribution >= 0.6 is 12.4 Å². The van der Waals surface area contributed by atoms with Crippen molar-refractivity contribution in [2.75, 3.05) is 33.4 Å². The molecule has 5 nitrogen and oxygen atoms in total. The van der Waals surface area contributed by atoms with Crippen LogP contribution in [-0.4, -0.2) is 50.3 Å². The zero-order valence-electron chi connectivity index (χ0n) is 16.1. The molecule has 6 heteroatoms. The van der Waals surface area contributed by atoms with Gasteiger partial charge in [0.05, 0.1) is 0 Å². The molecule has 3 fully saturated rings. The third kappa shape index (κ3) is 3.63. The molecule has 1 saturated carbocycles. The molecular weight excluding hydrogens is 364 g/mol. The number of fused-ring (bicyclic) bond motifs is 2. The van der Waals surface area contributed by atoms with E-state index in [1.54, 1.807) is 6.07 Å². The van der Waals surface area contributed by atoms with Crippen LogP contribution in [0, 0.1) is 11.8 Å². The first kappa shape index (κ1) is 20.6. The van der Waals surface area contributed by atoms with E-state index in [2.05, 4.69) is 11.0 Å². The number of hydrogen-bond acceptors (Lipinski definition) is 4. The predicted octanol–water partition coefficient (Wildman–Crippen LogP) is 2.96. The molecule has 4 rings (SSSR count). The van der Waals surface area contributed by atoms with Gasteiger partial charge in [-0.2, -0.15) is 0 Å². The van der Waals surface area contributed by atoms with Gasteiger partial charge in [-0.25, -0.2) is 0 Å². The van der Waals surface area contributed by atoms with Crippen molar-refractivity contribution in [1.29, 1.82) is 0 Å². The Hall–Kier alpha value is -1.14. The third-order valence-electron chi connectivity index (χ3n) is 6.87. The second-order valence-corrected chi connectivity index (χ2v) is 8.06. The van der Waals surface area contributed by atoms with Crippen molar-refractivity contribution in [2.24, 2.45) is 17.6 Å². The minimum atomic E-state index is -0.372. The Labute approximate surface area is 168 Å². The Morgan fingerprint density at radius 3 is 2.44 bits per heavy atom. The van der Waals surface area contributed by atoms with Crippen LogP contribution in [0.2, 0.25) is 0 Å². The molecule has 27 heavy (non-hydrogen) atoms. The van der Waals surface area contributed by atoms with Crippen LogP contribution in [0.4, 0.5) is 0 Å². The van der Waals surface area contributed by atoms with E-state index in [-0.39, 0.29) is 23.9 Å². The molecule has 1 amide bonds. The average molecular weight is 395 g/mol. The molecule has 2 heterocycles. The lowest BCUT2D eigenvalue weighted by molar-refractivity contribution is -0.177. The minimum Gasteiger partial charge on any atom is -0.381 e. The molecule has 2 N–H and O–H groups in total. The number of methoxy groups -OCH3 is 1. The van der Waals surface area contributed by atoms with Crippen LogP contribution in [0.15, 0.2) is 24.3 Å². The summed E-state index contributed by atoms with van der Waals surface area (Å²) in [6.07, 6.45) is 5.88. The van der Waals surface area contributed by atoms with Gasteiger partial charge in [-0.3, -0.25) is 9.69 Å². The van der Waals surface area contributed by atoms with E-state index >= 15 is 0 Å². The summed E-state index contributed by atoms with van der Waals surface area (Å²) < 4.78 is 11.9. The molecule has 0 spiro atoms. The van der Waals surface area contributed by atoms with E-state index in [0.29, 0.717) is 23.4 Å². The van der Waals surface area contributed by atoms with Gasteiger partial charge in [-0.05, 0) is 43.4 Å². The number of carbonyl (C=O) groups excluding carboxylic acids is 1.